The lowest BCUT2D eigenvalue weighted by molar-refractivity contribution is 0.0933. The molecule has 2 aromatic heterocycles. The van der Waals surface area contributed by atoms with E-state index in [1.165, 1.54) is 11.3 Å². The summed E-state index contributed by atoms with van der Waals surface area (Å²) in [5, 5.41) is 7.06. The molecule has 0 aromatic carbocycles. The molecule has 0 saturated carbocycles. The minimum Gasteiger partial charge on any atom is -0.349 e. The molecule has 0 spiro atoms. The molecule has 25 heavy (non-hydrogen) atoms. The quantitative estimate of drug-likeness (QED) is 0.859. The fraction of sp³-hybridized carbons (Fsp3) is 0.611. The van der Waals surface area contributed by atoms with Crippen molar-refractivity contribution in [2.24, 2.45) is 0 Å². The number of aromatic nitrogens is 2. The van der Waals surface area contributed by atoms with Crippen LogP contribution in [0.1, 0.15) is 53.2 Å². The Morgan fingerprint density at radius 3 is 2.88 bits per heavy atom. The van der Waals surface area contributed by atoms with Gasteiger partial charge in [-0.1, -0.05) is 6.42 Å². The van der Waals surface area contributed by atoms with Gasteiger partial charge in [0.05, 0.1) is 10.3 Å². The van der Waals surface area contributed by atoms with Crippen molar-refractivity contribution in [2.45, 2.75) is 58.0 Å². The van der Waals surface area contributed by atoms with Gasteiger partial charge in [0.2, 0.25) is 0 Å². The van der Waals surface area contributed by atoms with Crippen molar-refractivity contribution in [3.63, 3.8) is 0 Å². The third kappa shape index (κ3) is 3.11. The van der Waals surface area contributed by atoms with Gasteiger partial charge in [-0.15, -0.1) is 11.3 Å². The lowest BCUT2D eigenvalue weighted by atomic mass is 10.1. The molecule has 2 aliphatic heterocycles. The van der Waals surface area contributed by atoms with Crippen LogP contribution in [0.4, 0.5) is 0 Å². The second-order valence-corrected chi connectivity index (χ2v) is 8.03. The first-order valence-corrected chi connectivity index (χ1v) is 10.0. The number of carbonyl (C=O) groups excluding carboxylic acids is 1. The molecule has 2 N–H and O–H groups in total. The highest BCUT2D eigenvalue weighted by molar-refractivity contribution is 7.20. The van der Waals surface area contributed by atoms with Gasteiger partial charge in [0.1, 0.15) is 10.7 Å². The summed E-state index contributed by atoms with van der Waals surface area (Å²) in [6.07, 6.45) is 5.98. The van der Waals surface area contributed by atoms with Crippen molar-refractivity contribution < 1.29 is 4.79 Å². The van der Waals surface area contributed by atoms with Crippen LogP contribution in [0.3, 0.4) is 0 Å². The summed E-state index contributed by atoms with van der Waals surface area (Å²) in [6.45, 7) is 4.49. The Bertz CT molecular complexity index is 864. The zero-order valence-corrected chi connectivity index (χ0v) is 15.4. The molecule has 1 fully saturated rings. The number of thiophene rings is 1. The van der Waals surface area contributed by atoms with Crippen LogP contribution >= 0.6 is 11.3 Å². The average Bonchev–Trinajstić information content (AvgIpc) is 2.79. The Kier molecular flexibility index (Phi) is 4.60. The number of hydrogen-bond donors (Lipinski definition) is 2. The maximum absolute atomic E-state index is 13.0. The van der Waals surface area contributed by atoms with Gasteiger partial charge in [0, 0.05) is 19.0 Å². The molecule has 1 amide bonds. The molecular weight excluding hydrogens is 336 g/mol. The van der Waals surface area contributed by atoms with Gasteiger partial charge in [-0.25, -0.2) is 4.98 Å². The summed E-state index contributed by atoms with van der Waals surface area (Å²) >= 11 is 1.36. The van der Waals surface area contributed by atoms with Crippen LogP contribution in [0.25, 0.3) is 10.2 Å². The van der Waals surface area contributed by atoms with E-state index in [4.69, 9.17) is 4.98 Å². The highest BCUT2D eigenvalue weighted by Gasteiger charge is 2.24. The number of aryl methyl sites for hydroxylation is 2. The highest BCUT2D eigenvalue weighted by Crippen LogP contribution is 2.28. The number of amides is 1. The molecule has 6 nitrogen and oxygen atoms in total. The molecule has 2 aromatic rings. The van der Waals surface area contributed by atoms with Crippen LogP contribution in [-0.2, 0) is 13.0 Å². The molecule has 0 bridgehead atoms. The summed E-state index contributed by atoms with van der Waals surface area (Å²) in [6, 6.07) is 0.212. The summed E-state index contributed by atoms with van der Waals surface area (Å²) in [5.41, 5.74) is 0.806. The van der Waals surface area contributed by atoms with Gasteiger partial charge in [0.25, 0.3) is 11.5 Å². The van der Waals surface area contributed by atoms with Crippen molar-refractivity contribution in [2.75, 3.05) is 13.1 Å². The molecule has 134 valence electrons. The Hall–Kier alpha value is -1.73. The standard InChI is InChI=1S/C18H24N4O2S/c1-11-14-17(21-13-5-3-2-4-10-22(13)18(14)24)25-15(11)16(23)20-12-6-8-19-9-7-12/h12,19H,2-10H2,1H3,(H,20,23). The molecule has 0 aliphatic carbocycles. The maximum atomic E-state index is 13.0. The molecule has 7 heteroatoms. The molecule has 4 heterocycles. The minimum absolute atomic E-state index is 0.0246. The number of carbonyl (C=O) groups is 1. The predicted molar refractivity (Wildman–Crippen MR) is 99.5 cm³/mol. The van der Waals surface area contributed by atoms with E-state index in [0.29, 0.717) is 15.1 Å². The first kappa shape index (κ1) is 16.7. The van der Waals surface area contributed by atoms with Gasteiger partial charge in [-0.05, 0) is 51.3 Å². The van der Waals surface area contributed by atoms with Crippen LogP contribution < -0.4 is 16.2 Å². The van der Waals surface area contributed by atoms with Gasteiger partial charge in [-0.3, -0.25) is 14.2 Å². The van der Waals surface area contributed by atoms with Gasteiger partial charge < -0.3 is 10.6 Å². The van der Waals surface area contributed by atoms with E-state index in [2.05, 4.69) is 10.6 Å². The SMILES string of the molecule is Cc1c(C(=O)NC2CCNCC2)sc2nc3n(c(=O)c12)CCCCC3. The average molecular weight is 360 g/mol. The number of nitrogens with zero attached hydrogens (tertiary/aromatic N) is 2. The predicted octanol–water partition coefficient (Wildman–Crippen LogP) is 1.97. The molecule has 2 aliphatic rings. The second-order valence-electron chi connectivity index (χ2n) is 7.03. The first-order chi connectivity index (χ1) is 12.1. The Balaban J connectivity index is 1.71. The molecule has 0 atom stereocenters. The minimum atomic E-state index is -0.0630. The molecule has 4 rings (SSSR count). The number of piperidine rings is 1. The lowest BCUT2D eigenvalue weighted by Gasteiger charge is -2.23. The number of fused-ring (bicyclic) bond motifs is 2. The number of nitrogens with one attached hydrogen (secondary N) is 2. The van der Waals surface area contributed by atoms with Crippen LogP contribution in [0.2, 0.25) is 0 Å². The van der Waals surface area contributed by atoms with Crippen LogP contribution in [0.15, 0.2) is 4.79 Å². The van der Waals surface area contributed by atoms with E-state index in [1.807, 2.05) is 11.5 Å². The van der Waals surface area contributed by atoms with Crippen LogP contribution in [0.5, 0.6) is 0 Å². The van der Waals surface area contributed by atoms with Crippen molar-refractivity contribution in [3.8, 4) is 0 Å². The zero-order chi connectivity index (χ0) is 17.4. The fourth-order valence-corrected chi connectivity index (χ4v) is 4.94. The normalized spacial score (nSPS) is 18.8. The maximum Gasteiger partial charge on any atom is 0.262 e. The van der Waals surface area contributed by atoms with E-state index in [9.17, 15) is 9.59 Å². The van der Waals surface area contributed by atoms with Crippen molar-refractivity contribution in [3.05, 3.63) is 26.6 Å². The third-order valence-corrected chi connectivity index (χ3v) is 6.48. The largest absolute Gasteiger partial charge is 0.349 e. The molecule has 0 unspecified atom stereocenters. The summed E-state index contributed by atoms with van der Waals surface area (Å²) in [4.78, 5) is 31.8. The molecule has 0 radical (unpaired) electrons. The van der Waals surface area contributed by atoms with E-state index >= 15 is 0 Å². The monoisotopic (exact) mass is 360 g/mol. The van der Waals surface area contributed by atoms with Crippen molar-refractivity contribution in [1.29, 1.82) is 0 Å². The summed E-state index contributed by atoms with van der Waals surface area (Å²) in [5.74, 6) is 0.813. The van der Waals surface area contributed by atoms with E-state index in [0.717, 1.165) is 69.5 Å². The van der Waals surface area contributed by atoms with Crippen molar-refractivity contribution in [1.82, 2.24) is 20.2 Å². The lowest BCUT2D eigenvalue weighted by Crippen LogP contribution is -2.42. The van der Waals surface area contributed by atoms with Gasteiger partial charge in [0.15, 0.2) is 0 Å². The Morgan fingerprint density at radius 1 is 1.28 bits per heavy atom. The Morgan fingerprint density at radius 2 is 2.08 bits per heavy atom. The fourth-order valence-electron chi connectivity index (χ4n) is 3.84. The van der Waals surface area contributed by atoms with Crippen LogP contribution in [0, 0.1) is 6.92 Å². The van der Waals surface area contributed by atoms with Crippen LogP contribution in [-0.4, -0.2) is 34.6 Å². The zero-order valence-electron chi connectivity index (χ0n) is 14.6. The smallest absolute Gasteiger partial charge is 0.262 e. The summed E-state index contributed by atoms with van der Waals surface area (Å²) in [7, 11) is 0. The van der Waals surface area contributed by atoms with E-state index in [1.54, 1.807) is 0 Å². The second kappa shape index (κ2) is 6.88. The Labute approximate surface area is 150 Å². The molecular formula is C18H24N4O2S. The number of rotatable bonds is 2. The van der Waals surface area contributed by atoms with Gasteiger partial charge >= 0.3 is 0 Å². The van der Waals surface area contributed by atoms with Gasteiger partial charge in [-0.2, -0.15) is 0 Å². The van der Waals surface area contributed by atoms with E-state index in [-0.39, 0.29) is 17.5 Å². The summed E-state index contributed by atoms with van der Waals surface area (Å²) < 4.78 is 1.82. The topological polar surface area (TPSA) is 76.0 Å². The highest BCUT2D eigenvalue weighted by atomic mass is 32.1. The molecule has 1 saturated heterocycles. The van der Waals surface area contributed by atoms with E-state index < -0.39 is 0 Å². The first-order valence-electron chi connectivity index (χ1n) is 9.19. The number of hydrogen-bond acceptors (Lipinski definition) is 5. The van der Waals surface area contributed by atoms with Crippen molar-refractivity contribution >= 4 is 27.5 Å². The third-order valence-electron chi connectivity index (χ3n) is 5.29.